The molecule has 0 amide bonds. The molecular formula is C7H5ClN4O2. The maximum atomic E-state index is 10.7. The van der Waals surface area contributed by atoms with Gasteiger partial charge in [0.25, 0.3) is 0 Å². The smallest absolute Gasteiger partial charge is 0.258 e. The topological polar surface area (TPSA) is 73.8 Å². The molecule has 2 rings (SSSR count). The summed E-state index contributed by atoms with van der Waals surface area (Å²) in [7, 11) is 1.66. The van der Waals surface area contributed by atoms with Crippen LogP contribution in [0.2, 0.25) is 5.02 Å². The van der Waals surface area contributed by atoms with Crippen molar-refractivity contribution in [2.75, 3.05) is 0 Å². The van der Waals surface area contributed by atoms with Crippen LogP contribution in [0.15, 0.2) is 12.1 Å². The molecule has 0 N–H and O–H groups in total. The molecule has 0 bridgehead atoms. The first-order valence-electron chi connectivity index (χ1n) is 3.73. The first-order valence-corrected chi connectivity index (χ1v) is 4.11. The Morgan fingerprint density at radius 3 is 2.93 bits per heavy atom. The molecule has 0 saturated carbocycles. The molecule has 0 aliphatic rings. The number of nitro groups is 1. The molecule has 14 heavy (non-hydrogen) atoms. The fourth-order valence-corrected chi connectivity index (χ4v) is 1.46. The van der Waals surface area contributed by atoms with E-state index in [1.165, 1.54) is 10.7 Å². The highest BCUT2D eigenvalue weighted by Crippen LogP contribution is 2.30. The molecule has 0 atom stereocenters. The lowest BCUT2D eigenvalue weighted by Crippen LogP contribution is -1.92. The van der Waals surface area contributed by atoms with Gasteiger partial charge < -0.3 is 0 Å². The van der Waals surface area contributed by atoms with Gasteiger partial charge in [0.05, 0.1) is 10.4 Å². The van der Waals surface area contributed by atoms with Crippen molar-refractivity contribution >= 4 is 28.3 Å². The second kappa shape index (κ2) is 2.91. The number of fused-ring (bicyclic) bond motifs is 1. The Hall–Kier alpha value is -1.69. The SMILES string of the molecule is Cn1nnc2c([N+](=O)[O-])c(Cl)ccc21. The van der Waals surface area contributed by atoms with Crippen molar-refractivity contribution in [3.8, 4) is 0 Å². The van der Waals surface area contributed by atoms with Gasteiger partial charge in [0.15, 0.2) is 5.52 Å². The van der Waals surface area contributed by atoms with E-state index >= 15 is 0 Å². The first kappa shape index (κ1) is 8.89. The van der Waals surface area contributed by atoms with E-state index in [-0.39, 0.29) is 16.2 Å². The van der Waals surface area contributed by atoms with Crippen LogP contribution < -0.4 is 0 Å². The predicted octanol–water partition coefficient (Wildman–Crippen LogP) is 1.53. The normalized spacial score (nSPS) is 10.7. The molecule has 0 saturated heterocycles. The third-order valence-electron chi connectivity index (χ3n) is 1.89. The first-order chi connectivity index (χ1) is 6.61. The minimum atomic E-state index is -0.556. The summed E-state index contributed by atoms with van der Waals surface area (Å²) in [5.41, 5.74) is 0.600. The highest BCUT2D eigenvalue weighted by molar-refractivity contribution is 6.33. The van der Waals surface area contributed by atoms with E-state index in [0.29, 0.717) is 5.52 Å². The standard InChI is InChI=1S/C7H5ClN4O2/c1-11-5-3-2-4(8)7(12(13)14)6(5)9-10-11/h2-3H,1H3. The van der Waals surface area contributed by atoms with Crippen LogP contribution in [0.25, 0.3) is 11.0 Å². The summed E-state index contributed by atoms with van der Waals surface area (Å²) in [5, 5.41) is 18.1. The monoisotopic (exact) mass is 212 g/mol. The predicted molar refractivity (Wildman–Crippen MR) is 50.2 cm³/mol. The number of benzene rings is 1. The summed E-state index contributed by atoms with van der Waals surface area (Å²) in [6.45, 7) is 0. The maximum Gasteiger partial charge on any atom is 0.317 e. The average molecular weight is 213 g/mol. The summed E-state index contributed by atoms with van der Waals surface area (Å²) in [4.78, 5) is 10.1. The molecule has 1 heterocycles. The summed E-state index contributed by atoms with van der Waals surface area (Å²) in [6.07, 6.45) is 0. The average Bonchev–Trinajstić information content (AvgIpc) is 2.47. The van der Waals surface area contributed by atoms with Crippen molar-refractivity contribution in [1.29, 1.82) is 0 Å². The van der Waals surface area contributed by atoms with E-state index in [1.54, 1.807) is 13.1 Å². The quantitative estimate of drug-likeness (QED) is 0.531. The van der Waals surface area contributed by atoms with Crippen LogP contribution in [0.4, 0.5) is 5.69 Å². The van der Waals surface area contributed by atoms with Crippen LogP contribution in [-0.2, 0) is 7.05 Å². The van der Waals surface area contributed by atoms with Gasteiger partial charge in [-0.15, -0.1) is 5.10 Å². The zero-order valence-electron chi connectivity index (χ0n) is 7.14. The summed E-state index contributed by atoms with van der Waals surface area (Å²) in [5.74, 6) is 0. The Labute approximate surface area is 83.2 Å². The Bertz CT molecular complexity index is 522. The largest absolute Gasteiger partial charge is 0.317 e. The van der Waals surface area contributed by atoms with Crippen LogP contribution in [0.3, 0.4) is 0 Å². The van der Waals surface area contributed by atoms with Gasteiger partial charge in [-0.25, -0.2) is 4.68 Å². The summed E-state index contributed by atoms with van der Waals surface area (Å²) < 4.78 is 1.46. The number of aryl methyl sites for hydroxylation is 1. The van der Waals surface area contributed by atoms with Crippen molar-refractivity contribution in [3.63, 3.8) is 0 Å². The molecular weight excluding hydrogens is 208 g/mol. The van der Waals surface area contributed by atoms with Gasteiger partial charge in [0.1, 0.15) is 5.02 Å². The number of nitrogens with zero attached hydrogens (tertiary/aromatic N) is 4. The van der Waals surface area contributed by atoms with Crippen molar-refractivity contribution in [3.05, 3.63) is 27.3 Å². The second-order valence-corrected chi connectivity index (χ2v) is 3.14. The molecule has 0 unspecified atom stereocenters. The molecule has 0 fully saturated rings. The summed E-state index contributed by atoms with van der Waals surface area (Å²) in [6, 6.07) is 3.11. The molecule has 0 spiro atoms. The molecule has 7 heteroatoms. The fourth-order valence-electron chi connectivity index (χ4n) is 1.24. The zero-order chi connectivity index (χ0) is 10.3. The van der Waals surface area contributed by atoms with Gasteiger partial charge in [-0.2, -0.15) is 0 Å². The van der Waals surface area contributed by atoms with E-state index in [1.807, 2.05) is 0 Å². The van der Waals surface area contributed by atoms with Crippen molar-refractivity contribution < 1.29 is 4.92 Å². The minimum absolute atomic E-state index is 0.0722. The lowest BCUT2D eigenvalue weighted by molar-refractivity contribution is -0.383. The third-order valence-corrected chi connectivity index (χ3v) is 2.20. The Morgan fingerprint density at radius 2 is 2.29 bits per heavy atom. The highest BCUT2D eigenvalue weighted by Gasteiger charge is 2.20. The molecule has 0 aliphatic carbocycles. The van der Waals surface area contributed by atoms with Crippen molar-refractivity contribution in [2.24, 2.45) is 7.05 Å². The van der Waals surface area contributed by atoms with Gasteiger partial charge in [-0.1, -0.05) is 16.8 Å². The van der Waals surface area contributed by atoms with Gasteiger partial charge in [-0.05, 0) is 12.1 Å². The summed E-state index contributed by atoms with van der Waals surface area (Å²) >= 11 is 5.69. The number of aromatic nitrogens is 3. The van der Waals surface area contributed by atoms with E-state index < -0.39 is 4.92 Å². The van der Waals surface area contributed by atoms with Crippen LogP contribution in [0.5, 0.6) is 0 Å². The second-order valence-electron chi connectivity index (χ2n) is 2.73. The van der Waals surface area contributed by atoms with Crippen molar-refractivity contribution in [2.45, 2.75) is 0 Å². The van der Waals surface area contributed by atoms with Gasteiger partial charge in [0.2, 0.25) is 0 Å². The number of hydrogen-bond donors (Lipinski definition) is 0. The van der Waals surface area contributed by atoms with E-state index in [4.69, 9.17) is 11.6 Å². The van der Waals surface area contributed by atoms with Crippen LogP contribution >= 0.6 is 11.6 Å². The van der Waals surface area contributed by atoms with Crippen LogP contribution in [0, 0.1) is 10.1 Å². The van der Waals surface area contributed by atoms with Gasteiger partial charge in [-0.3, -0.25) is 10.1 Å². The molecule has 0 aliphatic heterocycles. The maximum absolute atomic E-state index is 10.7. The number of nitro benzene ring substituents is 1. The fraction of sp³-hybridized carbons (Fsp3) is 0.143. The number of halogens is 1. The molecule has 0 radical (unpaired) electrons. The van der Waals surface area contributed by atoms with E-state index in [0.717, 1.165) is 0 Å². The molecule has 1 aromatic carbocycles. The Morgan fingerprint density at radius 1 is 1.57 bits per heavy atom. The molecule has 1 aromatic heterocycles. The Kier molecular flexibility index (Phi) is 1.85. The number of rotatable bonds is 1. The van der Waals surface area contributed by atoms with Gasteiger partial charge in [0, 0.05) is 7.05 Å². The zero-order valence-corrected chi connectivity index (χ0v) is 7.89. The molecule has 72 valence electrons. The molecule has 2 aromatic rings. The third kappa shape index (κ3) is 1.12. The van der Waals surface area contributed by atoms with Crippen LogP contribution in [0.1, 0.15) is 0 Å². The van der Waals surface area contributed by atoms with E-state index in [9.17, 15) is 10.1 Å². The van der Waals surface area contributed by atoms with E-state index in [2.05, 4.69) is 10.3 Å². The lowest BCUT2D eigenvalue weighted by atomic mass is 10.2. The van der Waals surface area contributed by atoms with Crippen LogP contribution in [-0.4, -0.2) is 19.9 Å². The molecule has 6 nitrogen and oxygen atoms in total. The van der Waals surface area contributed by atoms with Gasteiger partial charge >= 0.3 is 5.69 Å². The van der Waals surface area contributed by atoms with Crippen molar-refractivity contribution in [1.82, 2.24) is 15.0 Å². The Balaban J connectivity index is 2.90. The number of hydrogen-bond acceptors (Lipinski definition) is 4. The lowest BCUT2D eigenvalue weighted by Gasteiger charge is -1.95. The highest BCUT2D eigenvalue weighted by atomic mass is 35.5. The minimum Gasteiger partial charge on any atom is -0.258 e.